The summed E-state index contributed by atoms with van der Waals surface area (Å²) >= 11 is 0. The second-order valence-electron chi connectivity index (χ2n) is 4.92. The molecule has 1 aromatic carbocycles. The molecule has 1 aliphatic heterocycles. The molecule has 2 rings (SSSR count). The van der Waals surface area contributed by atoms with E-state index in [1.54, 1.807) is 0 Å². The number of ether oxygens (including phenoxy) is 1. The van der Waals surface area contributed by atoms with Gasteiger partial charge >= 0.3 is 0 Å². The summed E-state index contributed by atoms with van der Waals surface area (Å²) in [5.74, 6) is 0.617. The Morgan fingerprint density at radius 1 is 1.35 bits per heavy atom. The molecule has 0 aromatic heterocycles. The van der Waals surface area contributed by atoms with Crippen LogP contribution in [0.5, 0.6) is 0 Å². The van der Waals surface area contributed by atoms with Crippen LogP contribution in [0, 0.1) is 12.8 Å². The molecule has 17 heavy (non-hydrogen) atoms. The average molecular weight is 233 g/mol. The van der Waals surface area contributed by atoms with Crippen LogP contribution in [0.2, 0.25) is 0 Å². The van der Waals surface area contributed by atoms with Gasteiger partial charge in [-0.3, -0.25) is 0 Å². The molecule has 2 unspecified atom stereocenters. The van der Waals surface area contributed by atoms with E-state index >= 15 is 0 Å². The highest BCUT2D eigenvalue weighted by Crippen LogP contribution is 2.28. The zero-order valence-electron chi connectivity index (χ0n) is 10.9. The molecule has 0 amide bonds. The lowest BCUT2D eigenvalue weighted by Gasteiger charge is -2.31. The zero-order chi connectivity index (χ0) is 12.1. The van der Waals surface area contributed by atoms with E-state index in [0.717, 1.165) is 19.8 Å². The lowest BCUT2D eigenvalue weighted by Crippen LogP contribution is -2.33. The van der Waals surface area contributed by atoms with Gasteiger partial charge in [0.15, 0.2) is 0 Å². The average Bonchev–Trinajstić information content (AvgIpc) is 2.38. The van der Waals surface area contributed by atoms with E-state index in [9.17, 15) is 0 Å². The topological polar surface area (TPSA) is 21.3 Å². The Morgan fingerprint density at radius 3 is 2.71 bits per heavy atom. The molecule has 0 aliphatic carbocycles. The summed E-state index contributed by atoms with van der Waals surface area (Å²) in [5, 5.41) is 3.61. The third kappa shape index (κ3) is 3.30. The standard InChI is InChI=1S/C15H23NO/c1-3-16-15(14-5-4-10-17-11-14)13-8-6-12(2)7-9-13/h6-9,14-16H,3-5,10-11H2,1-2H3. The van der Waals surface area contributed by atoms with Crippen LogP contribution >= 0.6 is 0 Å². The highest BCUT2D eigenvalue weighted by Gasteiger charge is 2.24. The van der Waals surface area contributed by atoms with Gasteiger partial charge in [-0.25, -0.2) is 0 Å². The molecule has 0 bridgehead atoms. The molecule has 1 saturated heterocycles. The first-order valence-corrected chi connectivity index (χ1v) is 6.69. The van der Waals surface area contributed by atoms with E-state index in [-0.39, 0.29) is 0 Å². The highest BCUT2D eigenvalue weighted by molar-refractivity contribution is 5.24. The molecule has 2 nitrogen and oxygen atoms in total. The summed E-state index contributed by atoms with van der Waals surface area (Å²) < 4.78 is 5.61. The van der Waals surface area contributed by atoms with E-state index in [1.165, 1.54) is 24.0 Å². The summed E-state index contributed by atoms with van der Waals surface area (Å²) in [6.07, 6.45) is 2.46. The van der Waals surface area contributed by atoms with Gasteiger partial charge in [0.1, 0.15) is 0 Å². The van der Waals surface area contributed by atoms with Crippen LogP contribution in [0.25, 0.3) is 0 Å². The molecule has 1 aromatic rings. The van der Waals surface area contributed by atoms with Crippen LogP contribution in [-0.4, -0.2) is 19.8 Å². The minimum absolute atomic E-state index is 0.445. The maximum absolute atomic E-state index is 5.61. The Labute approximate surface area is 104 Å². The molecule has 2 atom stereocenters. The fourth-order valence-corrected chi connectivity index (χ4v) is 2.58. The van der Waals surface area contributed by atoms with Crippen molar-refractivity contribution in [1.82, 2.24) is 5.32 Å². The van der Waals surface area contributed by atoms with Gasteiger partial charge in [-0.1, -0.05) is 36.8 Å². The normalized spacial score (nSPS) is 22.4. The van der Waals surface area contributed by atoms with Gasteiger partial charge in [0, 0.05) is 18.6 Å². The number of benzene rings is 1. The smallest absolute Gasteiger partial charge is 0.0512 e. The van der Waals surface area contributed by atoms with Gasteiger partial charge in [0.25, 0.3) is 0 Å². The molecular weight excluding hydrogens is 210 g/mol. The van der Waals surface area contributed by atoms with Crippen LogP contribution in [0.1, 0.15) is 36.9 Å². The fourth-order valence-electron chi connectivity index (χ4n) is 2.58. The van der Waals surface area contributed by atoms with Crippen molar-refractivity contribution < 1.29 is 4.74 Å². The molecule has 1 fully saturated rings. The SMILES string of the molecule is CCNC(c1ccc(C)cc1)C1CCCOC1. The Hall–Kier alpha value is -0.860. The van der Waals surface area contributed by atoms with E-state index < -0.39 is 0 Å². The fraction of sp³-hybridized carbons (Fsp3) is 0.600. The third-order valence-corrected chi connectivity index (χ3v) is 3.53. The van der Waals surface area contributed by atoms with Crippen LogP contribution in [0.3, 0.4) is 0 Å². The van der Waals surface area contributed by atoms with Crippen LogP contribution in [0.4, 0.5) is 0 Å². The van der Waals surface area contributed by atoms with Crippen molar-refractivity contribution in [2.75, 3.05) is 19.8 Å². The predicted molar refractivity (Wildman–Crippen MR) is 71.1 cm³/mol. The second kappa shape index (κ2) is 6.18. The zero-order valence-corrected chi connectivity index (χ0v) is 10.9. The van der Waals surface area contributed by atoms with Gasteiger partial charge in [-0.2, -0.15) is 0 Å². The first-order valence-electron chi connectivity index (χ1n) is 6.69. The summed E-state index contributed by atoms with van der Waals surface area (Å²) in [5.41, 5.74) is 2.72. The van der Waals surface area contributed by atoms with Crippen molar-refractivity contribution >= 4 is 0 Å². The largest absolute Gasteiger partial charge is 0.381 e. The van der Waals surface area contributed by atoms with E-state index in [4.69, 9.17) is 4.74 Å². The number of rotatable bonds is 4. The lowest BCUT2D eigenvalue weighted by atomic mass is 9.88. The summed E-state index contributed by atoms with van der Waals surface area (Å²) in [6.45, 7) is 7.14. The second-order valence-corrected chi connectivity index (χ2v) is 4.92. The number of nitrogens with one attached hydrogen (secondary N) is 1. The van der Waals surface area contributed by atoms with Gasteiger partial charge in [0.2, 0.25) is 0 Å². The van der Waals surface area contributed by atoms with Crippen LogP contribution < -0.4 is 5.32 Å². The van der Waals surface area contributed by atoms with E-state index in [2.05, 4.69) is 43.4 Å². The summed E-state index contributed by atoms with van der Waals surface area (Å²) in [6, 6.07) is 9.34. The summed E-state index contributed by atoms with van der Waals surface area (Å²) in [4.78, 5) is 0. The van der Waals surface area contributed by atoms with E-state index in [1.807, 2.05) is 0 Å². The number of aryl methyl sites for hydroxylation is 1. The highest BCUT2D eigenvalue weighted by atomic mass is 16.5. The first kappa shape index (κ1) is 12.6. The van der Waals surface area contributed by atoms with Crippen molar-refractivity contribution in [3.05, 3.63) is 35.4 Å². The van der Waals surface area contributed by atoms with Crippen LogP contribution in [-0.2, 0) is 4.74 Å². The van der Waals surface area contributed by atoms with E-state index in [0.29, 0.717) is 12.0 Å². The molecule has 1 aliphatic rings. The van der Waals surface area contributed by atoms with Gasteiger partial charge < -0.3 is 10.1 Å². The number of hydrogen-bond donors (Lipinski definition) is 1. The molecule has 94 valence electrons. The maximum atomic E-state index is 5.61. The number of hydrogen-bond acceptors (Lipinski definition) is 2. The molecule has 0 saturated carbocycles. The molecule has 1 N–H and O–H groups in total. The van der Waals surface area contributed by atoms with Crippen LogP contribution in [0.15, 0.2) is 24.3 Å². The molecule has 2 heteroatoms. The molecular formula is C15H23NO. The Bertz CT molecular complexity index is 327. The maximum Gasteiger partial charge on any atom is 0.0512 e. The van der Waals surface area contributed by atoms with Crippen molar-refractivity contribution in [3.63, 3.8) is 0 Å². The predicted octanol–water partition coefficient (Wildman–Crippen LogP) is 3.07. The van der Waals surface area contributed by atoms with Crippen molar-refractivity contribution in [1.29, 1.82) is 0 Å². The van der Waals surface area contributed by atoms with Crippen molar-refractivity contribution in [2.45, 2.75) is 32.7 Å². The lowest BCUT2D eigenvalue weighted by molar-refractivity contribution is 0.0393. The minimum atomic E-state index is 0.445. The quantitative estimate of drug-likeness (QED) is 0.863. The molecule has 0 radical (unpaired) electrons. The van der Waals surface area contributed by atoms with Crippen molar-refractivity contribution in [2.24, 2.45) is 5.92 Å². The Morgan fingerprint density at radius 2 is 2.12 bits per heavy atom. The van der Waals surface area contributed by atoms with Crippen molar-refractivity contribution in [3.8, 4) is 0 Å². The van der Waals surface area contributed by atoms with Gasteiger partial charge in [0.05, 0.1) is 6.61 Å². The first-order chi connectivity index (χ1) is 8.31. The monoisotopic (exact) mass is 233 g/mol. The minimum Gasteiger partial charge on any atom is -0.381 e. The Kier molecular flexibility index (Phi) is 4.57. The molecule has 1 heterocycles. The molecule has 0 spiro atoms. The summed E-state index contributed by atoms with van der Waals surface area (Å²) in [7, 11) is 0. The van der Waals surface area contributed by atoms with Gasteiger partial charge in [-0.15, -0.1) is 0 Å². The van der Waals surface area contributed by atoms with Gasteiger partial charge in [-0.05, 0) is 31.9 Å². The third-order valence-electron chi connectivity index (χ3n) is 3.53. The Balaban J connectivity index is 2.12.